The summed E-state index contributed by atoms with van der Waals surface area (Å²) in [6.45, 7) is 17.1. The molecule has 8 fully saturated rings. The van der Waals surface area contributed by atoms with Crippen molar-refractivity contribution in [2.24, 2.45) is 45.3 Å². The van der Waals surface area contributed by atoms with Crippen LogP contribution < -0.4 is 0 Å². The van der Waals surface area contributed by atoms with Crippen LogP contribution in [0.15, 0.2) is 12.2 Å². The minimum Gasteiger partial charge on any atom is -0.394 e. The van der Waals surface area contributed by atoms with Gasteiger partial charge in [0.2, 0.25) is 0 Å². The second-order valence-electron chi connectivity index (χ2n) is 26.5. The minimum atomic E-state index is -2.15. The predicted molar refractivity (Wildman–Crippen MR) is 274 cm³/mol. The molecule has 4 saturated carbocycles. The monoisotopic (exact) mass is 1150 g/mol. The average Bonchev–Trinajstić information content (AvgIpc) is 3.98. The molecule has 0 aromatic carbocycles. The Morgan fingerprint density at radius 1 is 0.625 bits per heavy atom. The first-order valence-corrected chi connectivity index (χ1v) is 28.6. The summed E-state index contributed by atoms with van der Waals surface area (Å²) < 4.78 is 49.3. The second kappa shape index (κ2) is 24.1. The van der Waals surface area contributed by atoms with Crippen LogP contribution in [0, 0.1) is 45.3 Å². The molecule has 8 aliphatic rings. The molecule has 0 amide bonds. The summed E-state index contributed by atoms with van der Waals surface area (Å²) in [7, 11) is 0. The van der Waals surface area contributed by atoms with Crippen molar-refractivity contribution in [2.45, 2.75) is 259 Å². The molecular formula is C55H94O25. The lowest BCUT2D eigenvalue weighted by molar-refractivity contribution is -0.411. The van der Waals surface area contributed by atoms with E-state index in [-0.39, 0.29) is 35.5 Å². The van der Waals surface area contributed by atoms with Gasteiger partial charge in [-0.05, 0) is 129 Å². The van der Waals surface area contributed by atoms with Crippen LogP contribution in [0.3, 0.4) is 0 Å². The van der Waals surface area contributed by atoms with Crippen molar-refractivity contribution in [3.63, 3.8) is 0 Å². The Morgan fingerprint density at radius 2 is 1.18 bits per heavy atom. The van der Waals surface area contributed by atoms with Crippen LogP contribution >= 0.6 is 0 Å². The van der Waals surface area contributed by atoms with E-state index in [4.69, 9.17) is 42.8 Å². The van der Waals surface area contributed by atoms with Crippen LogP contribution in [0.5, 0.6) is 0 Å². The number of hydrogen-bond acceptors (Lipinski definition) is 25. The van der Waals surface area contributed by atoms with Gasteiger partial charge in [0.1, 0.15) is 104 Å². The molecule has 0 aromatic rings. The fourth-order valence-electron chi connectivity index (χ4n) is 16.7. The molecule has 16 N–H and O–H groups in total. The Morgan fingerprint density at radius 3 is 1.77 bits per heavy atom. The van der Waals surface area contributed by atoms with Gasteiger partial charge in [-0.1, -0.05) is 41.2 Å². The quantitative estimate of drug-likeness (QED) is 0.0296. The summed E-state index contributed by atoms with van der Waals surface area (Å²) in [5.74, 6) is -3.01. The van der Waals surface area contributed by atoms with E-state index in [1.165, 1.54) is 6.92 Å². The molecule has 0 spiro atoms. The maximum Gasteiger partial charge on any atom is 0.195 e. The fourth-order valence-corrected chi connectivity index (χ4v) is 16.7. The third kappa shape index (κ3) is 11.0. The van der Waals surface area contributed by atoms with E-state index in [1.807, 2.05) is 6.92 Å². The summed E-state index contributed by atoms with van der Waals surface area (Å²) >= 11 is 0. The Balaban J connectivity index is 1.03. The molecule has 31 atom stereocenters. The number of aliphatic hydroxyl groups excluding tert-OH is 15. The standard InChI is InChI=1S/C55H94O25/c1-23(2)26(80-71)11-17-54(8,79-48-44(69)40(65)38(63)30(75-48)22-72-47-43(68)39(64)35(60)27(19-56)73-47)24-10-15-53(7)34(24)25(59)18-32-51(5)14-13-33(50(3,4)31(51)12-16-52(32,53)6)76-49-45(41(66)36(61)28(20-57)74-49)78-55(9)46(70)42(67)37(62)29(21-58)77-55/h24-49,56-71H,1,10-22H2,2-9H3. The van der Waals surface area contributed by atoms with Gasteiger partial charge in [-0.15, -0.1) is 0 Å². The van der Waals surface area contributed by atoms with Gasteiger partial charge in [0.25, 0.3) is 0 Å². The summed E-state index contributed by atoms with van der Waals surface area (Å²) in [6.07, 6.45) is -28.7. The molecule has 8 rings (SSSR count). The first kappa shape index (κ1) is 64.7. The molecule has 4 heterocycles. The van der Waals surface area contributed by atoms with Gasteiger partial charge in [0, 0.05) is 0 Å². The smallest absolute Gasteiger partial charge is 0.195 e. The van der Waals surface area contributed by atoms with Gasteiger partial charge in [-0.25, -0.2) is 4.89 Å². The molecule has 464 valence electrons. The third-order valence-electron chi connectivity index (χ3n) is 21.7. The average molecular weight is 1160 g/mol. The predicted octanol–water partition coefficient (Wildman–Crippen LogP) is -2.34. The van der Waals surface area contributed by atoms with Gasteiger partial charge in [0.15, 0.2) is 24.7 Å². The molecule has 0 bridgehead atoms. The van der Waals surface area contributed by atoms with E-state index in [0.717, 1.165) is 12.8 Å². The second-order valence-corrected chi connectivity index (χ2v) is 26.5. The lowest BCUT2D eigenvalue weighted by Gasteiger charge is -2.71. The highest BCUT2D eigenvalue weighted by atomic mass is 17.1. The molecule has 4 aliphatic heterocycles. The summed E-state index contributed by atoms with van der Waals surface area (Å²) in [5, 5.41) is 173. The number of ether oxygens (including phenoxy) is 8. The van der Waals surface area contributed by atoms with Gasteiger partial charge >= 0.3 is 0 Å². The van der Waals surface area contributed by atoms with Crippen LogP contribution in [0.1, 0.15) is 113 Å². The van der Waals surface area contributed by atoms with Crippen molar-refractivity contribution < 1.29 is 125 Å². The number of hydrogen-bond donors (Lipinski definition) is 16. The van der Waals surface area contributed by atoms with Gasteiger partial charge in [-0.3, -0.25) is 5.26 Å². The zero-order valence-electron chi connectivity index (χ0n) is 47.2. The molecule has 31 unspecified atom stereocenters. The fraction of sp³-hybridized carbons (Fsp3) is 0.964. The van der Waals surface area contributed by atoms with Crippen LogP contribution in [0.4, 0.5) is 0 Å². The molecule has 25 nitrogen and oxygen atoms in total. The van der Waals surface area contributed by atoms with Crippen molar-refractivity contribution in [1.82, 2.24) is 0 Å². The maximum absolute atomic E-state index is 12.9. The Kier molecular flexibility index (Phi) is 19.5. The van der Waals surface area contributed by atoms with Crippen LogP contribution in [0.25, 0.3) is 0 Å². The normalized spacial score (nSPS) is 52.5. The van der Waals surface area contributed by atoms with E-state index >= 15 is 0 Å². The molecular weight excluding hydrogens is 1060 g/mol. The Labute approximate surface area is 466 Å². The third-order valence-corrected chi connectivity index (χ3v) is 21.7. The topological polar surface area (TPSA) is 407 Å². The molecule has 25 heteroatoms. The van der Waals surface area contributed by atoms with E-state index in [0.29, 0.717) is 37.7 Å². The summed E-state index contributed by atoms with van der Waals surface area (Å²) in [4.78, 5) is 4.85. The zero-order valence-corrected chi connectivity index (χ0v) is 47.2. The van der Waals surface area contributed by atoms with E-state index in [9.17, 15) is 81.9 Å². The van der Waals surface area contributed by atoms with Crippen molar-refractivity contribution >= 4 is 0 Å². The number of aliphatic hydroxyl groups is 15. The van der Waals surface area contributed by atoms with Crippen molar-refractivity contribution in [1.29, 1.82) is 0 Å². The minimum absolute atomic E-state index is 0.0121. The summed E-state index contributed by atoms with van der Waals surface area (Å²) in [5.41, 5.74) is -2.64. The van der Waals surface area contributed by atoms with Crippen LogP contribution in [-0.4, -0.2) is 255 Å². The Hall–Kier alpha value is -1.26. The van der Waals surface area contributed by atoms with E-state index in [1.54, 1.807) is 6.92 Å². The number of rotatable bonds is 18. The Bertz CT molecular complexity index is 2090. The van der Waals surface area contributed by atoms with Gasteiger partial charge in [0.05, 0.1) is 44.2 Å². The molecule has 80 heavy (non-hydrogen) atoms. The largest absolute Gasteiger partial charge is 0.394 e. The van der Waals surface area contributed by atoms with Crippen molar-refractivity contribution in [2.75, 3.05) is 26.4 Å². The maximum atomic E-state index is 12.9. The summed E-state index contributed by atoms with van der Waals surface area (Å²) in [6, 6.07) is 0. The molecule has 0 radical (unpaired) electrons. The van der Waals surface area contributed by atoms with Crippen LogP contribution in [0.2, 0.25) is 0 Å². The van der Waals surface area contributed by atoms with E-state index in [2.05, 4.69) is 41.2 Å². The number of fused-ring (bicyclic) bond motifs is 5. The lowest BCUT2D eigenvalue weighted by atomic mass is 9.35. The van der Waals surface area contributed by atoms with Crippen molar-refractivity contribution in [3.8, 4) is 0 Å². The zero-order chi connectivity index (χ0) is 59.1. The SMILES string of the molecule is C=C(C)C(CCC(C)(OC1OC(COC2OC(CO)C(O)C(O)C2O)C(O)C(O)C1O)C1CCC2(C)C1C(O)CC1C3(C)CCC(OC4OC(CO)C(O)C(O)C4OC4(C)OC(CO)C(O)C(O)C4O)C(C)(C)C3CCC12C)OO. The molecule has 0 aromatic heterocycles. The lowest BCUT2D eigenvalue weighted by Crippen LogP contribution is -2.69. The van der Waals surface area contributed by atoms with Gasteiger partial charge < -0.3 is 114 Å². The van der Waals surface area contributed by atoms with E-state index < -0.39 is 195 Å². The first-order chi connectivity index (χ1) is 37.3. The molecule has 4 aliphatic carbocycles. The first-order valence-electron chi connectivity index (χ1n) is 28.6. The van der Waals surface area contributed by atoms with Gasteiger partial charge in [-0.2, -0.15) is 0 Å². The van der Waals surface area contributed by atoms with Crippen molar-refractivity contribution in [3.05, 3.63) is 12.2 Å². The highest BCUT2D eigenvalue weighted by Crippen LogP contribution is 2.76. The molecule has 4 saturated heterocycles. The highest BCUT2D eigenvalue weighted by molar-refractivity contribution is 5.21. The highest BCUT2D eigenvalue weighted by Gasteiger charge is 2.72. The van der Waals surface area contributed by atoms with Crippen LogP contribution in [-0.2, 0) is 42.8 Å².